The van der Waals surface area contributed by atoms with Crippen LogP contribution in [0.2, 0.25) is 0 Å². The van der Waals surface area contributed by atoms with Crippen molar-refractivity contribution in [1.29, 1.82) is 0 Å². The number of nitrogens with one attached hydrogen (secondary N) is 1. The molecule has 0 aromatic carbocycles. The van der Waals surface area contributed by atoms with E-state index in [-0.39, 0.29) is 0 Å². The van der Waals surface area contributed by atoms with Gasteiger partial charge in [0.2, 0.25) is 0 Å². The molecule has 0 aliphatic carbocycles. The Labute approximate surface area is 60.0 Å². The van der Waals surface area contributed by atoms with Crippen LogP contribution in [-0.4, -0.2) is 24.3 Å². The smallest absolute Gasteiger partial charge is 0.269 e. The van der Waals surface area contributed by atoms with Gasteiger partial charge in [0.25, 0.3) is 0 Å². The van der Waals surface area contributed by atoms with Crippen LogP contribution in [0.4, 0.5) is 0 Å². The molecule has 54 valence electrons. The molecule has 0 fully saturated rings. The summed E-state index contributed by atoms with van der Waals surface area (Å²) in [5.74, 6) is 5.34. The Balaban J connectivity index is 3.93. The van der Waals surface area contributed by atoms with E-state index in [0.717, 1.165) is 0 Å². The summed E-state index contributed by atoms with van der Waals surface area (Å²) in [6, 6.07) is 0. The van der Waals surface area contributed by atoms with Gasteiger partial charge in [0.1, 0.15) is 6.21 Å². The maximum atomic E-state index is 5.34. The molecule has 4 heteroatoms. The van der Waals surface area contributed by atoms with Crippen LogP contribution in [0.25, 0.3) is 0 Å². The average molecular weight is 139 g/mol. The van der Waals surface area contributed by atoms with E-state index in [1.54, 1.807) is 19.3 Å². The van der Waals surface area contributed by atoms with Crippen molar-refractivity contribution in [3.05, 3.63) is 18.4 Å². The SMILES string of the molecule is C=C=C/C=[N+](N)\C=N/NC. The normalized spacial score (nSPS) is 11.1. The van der Waals surface area contributed by atoms with E-state index in [2.05, 4.69) is 22.8 Å². The lowest BCUT2D eigenvalue weighted by Gasteiger charge is -1.81. The predicted octanol–water partition coefficient (Wildman–Crippen LogP) is -0.553. The molecular weight excluding hydrogens is 128 g/mol. The molecule has 0 aromatic heterocycles. The molecule has 0 aliphatic heterocycles. The summed E-state index contributed by atoms with van der Waals surface area (Å²) >= 11 is 0. The first kappa shape index (κ1) is 8.46. The van der Waals surface area contributed by atoms with Crippen LogP contribution in [0.1, 0.15) is 0 Å². The molecule has 0 rings (SSSR count). The van der Waals surface area contributed by atoms with E-state index in [4.69, 9.17) is 5.84 Å². The highest BCUT2D eigenvalue weighted by atomic mass is 15.4. The van der Waals surface area contributed by atoms with Gasteiger partial charge in [0, 0.05) is 18.2 Å². The van der Waals surface area contributed by atoms with Gasteiger partial charge in [-0.3, -0.25) is 5.84 Å². The molecule has 10 heavy (non-hydrogen) atoms. The van der Waals surface area contributed by atoms with E-state index in [9.17, 15) is 0 Å². The van der Waals surface area contributed by atoms with Crippen LogP contribution in [0.5, 0.6) is 0 Å². The van der Waals surface area contributed by atoms with Gasteiger partial charge in [0.05, 0.1) is 0 Å². The minimum absolute atomic E-state index is 1.29. The molecule has 0 amide bonds. The van der Waals surface area contributed by atoms with Crippen molar-refractivity contribution < 1.29 is 4.68 Å². The summed E-state index contributed by atoms with van der Waals surface area (Å²) < 4.78 is 1.29. The molecule has 0 saturated heterocycles. The zero-order valence-corrected chi connectivity index (χ0v) is 5.91. The Kier molecular flexibility index (Phi) is 4.73. The quantitative estimate of drug-likeness (QED) is 0.138. The average Bonchev–Trinajstić information content (AvgIpc) is 1.97. The van der Waals surface area contributed by atoms with Crippen LogP contribution in [-0.2, 0) is 0 Å². The highest BCUT2D eigenvalue weighted by molar-refractivity contribution is 5.69. The molecule has 0 heterocycles. The number of hydrogen-bond donors (Lipinski definition) is 2. The lowest BCUT2D eigenvalue weighted by atomic mass is 10.6. The van der Waals surface area contributed by atoms with Gasteiger partial charge in [-0.1, -0.05) is 6.58 Å². The fourth-order valence-corrected chi connectivity index (χ4v) is 0.302. The Morgan fingerprint density at radius 1 is 1.80 bits per heavy atom. The van der Waals surface area contributed by atoms with Gasteiger partial charge in [-0.25, -0.2) is 5.43 Å². The molecule has 4 nitrogen and oxygen atoms in total. The first-order chi connectivity index (χ1) is 4.81. The van der Waals surface area contributed by atoms with Crippen molar-refractivity contribution in [1.82, 2.24) is 5.43 Å². The second-order valence-electron chi connectivity index (χ2n) is 1.44. The monoisotopic (exact) mass is 139 g/mol. The van der Waals surface area contributed by atoms with Gasteiger partial charge in [0.15, 0.2) is 0 Å². The molecule has 0 aromatic rings. The second kappa shape index (κ2) is 5.59. The van der Waals surface area contributed by atoms with E-state index in [1.165, 1.54) is 11.0 Å². The third kappa shape index (κ3) is 4.61. The Morgan fingerprint density at radius 2 is 2.50 bits per heavy atom. The Bertz CT molecular complexity index is 186. The van der Waals surface area contributed by atoms with E-state index < -0.39 is 0 Å². The number of hydrogen-bond acceptors (Lipinski definition) is 3. The van der Waals surface area contributed by atoms with Gasteiger partial charge in [-0.2, -0.15) is 0 Å². The number of nitrogens with zero attached hydrogens (tertiary/aromatic N) is 2. The number of rotatable bonds is 3. The molecule has 0 spiro atoms. The third-order valence-corrected chi connectivity index (χ3v) is 0.685. The highest BCUT2D eigenvalue weighted by Crippen LogP contribution is 1.56. The summed E-state index contributed by atoms with van der Waals surface area (Å²) in [5.41, 5.74) is 5.09. The largest absolute Gasteiger partial charge is 0.334 e. The lowest BCUT2D eigenvalue weighted by molar-refractivity contribution is -0.404. The molecule has 0 aliphatic rings. The van der Waals surface area contributed by atoms with Gasteiger partial charge >= 0.3 is 6.34 Å². The number of nitrogens with two attached hydrogens (primary N) is 1. The zero-order chi connectivity index (χ0) is 7.82. The molecule has 0 radical (unpaired) electrons. The molecular formula is C6H11N4+. The van der Waals surface area contributed by atoms with E-state index >= 15 is 0 Å². The number of hydrazone groups is 2. The molecule has 0 unspecified atom stereocenters. The third-order valence-electron chi connectivity index (χ3n) is 0.685. The Hall–Kier alpha value is -1.54. The number of allylic oxidation sites excluding steroid dienone is 1. The summed E-state index contributed by atoms with van der Waals surface area (Å²) in [5, 5.41) is 3.65. The van der Waals surface area contributed by atoms with E-state index in [0.29, 0.717) is 0 Å². The van der Waals surface area contributed by atoms with Crippen molar-refractivity contribution >= 4 is 12.6 Å². The first-order valence-corrected chi connectivity index (χ1v) is 2.73. The van der Waals surface area contributed by atoms with Gasteiger partial charge in [-0.05, 0) is 0 Å². The zero-order valence-electron chi connectivity index (χ0n) is 5.91. The van der Waals surface area contributed by atoms with Crippen LogP contribution in [0.3, 0.4) is 0 Å². The van der Waals surface area contributed by atoms with Crippen molar-refractivity contribution in [2.75, 3.05) is 7.05 Å². The van der Waals surface area contributed by atoms with Crippen molar-refractivity contribution in [2.45, 2.75) is 0 Å². The minimum Gasteiger partial charge on any atom is -0.269 e. The van der Waals surface area contributed by atoms with E-state index in [1.807, 2.05) is 0 Å². The number of hydrazine groups is 1. The topological polar surface area (TPSA) is 53.4 Å². The standard InChI is InChI=1S/C6H11N4/c1-3-4-5-10(7)6-9-8-2/h4-6,8H,1,7H2,2H3/q+1/b9-6-,10-5+. The van der Waals surface area contributed by atoms with Crippen LogP contribution < -0.4 is 11.3 Å². The maximum Gasteiger partial charge on any atom is 0.334 e. The fourth-order valence-electron chi connectivity index (χ4n) is 0.302. The molecule has 3 N–H and O–H groups in total. The summed E-state index contributed by atoms with van der Waals surface area (Å²) in [7, 11) is 1.69. The molecule has 0 saturated carbocycles. The van der Waals surface area contributed by atoms with Crippen LogP contribution in [0, 0.1) is 0 Å². The minimum atomic E-state index is 1.29. The van der Waals surface area contributed by atoms with Crippen molar-refractivity contribution in [3.63, 3.8) is 0 Å². The summed E-state index contributed by atoms with van der Waals surface area (Å²) in [4.78, 5) is 0. The molecule has 0 bridgehead atoms. The Morgan fingerprint density at radius 3 is 3.00 bits per heavy atom. The van der Waals surface area contributed by atoms with Crippen LogP contribution in [0.15, 0.2) is 23.5 Å². The summed E-state index contributed by atoms with van der Waals surface area (Å²) in [6.07, 6.45) is 4.59. The van der Waals surface area contributed by atoms with Gasteiger partial charge in [-0.15, -0.1) is 10.4 Å². The fraction of sp³-hybridized carbons (Fsp3) is 0.167. The van der Waals surface area contributed by atoms with Crippen LogP contribution >= 0.6 is 0 Å². The predicted molar refractivity (Wildman–Crippen MR) is 41.8 cm³/mol. The maximum absolute atomic E-state index is 5.34. The highest BCUT2D eigenvalue weighted by Gasteiger charge is 1.82. The first-order valence-electron chi connectivity index (χ1n) is 2.73. The van der Waals surface area contributed by atoms with Crippen molar-refractivity contribution in [3.8, 4) is 0 Å². The molecule has 0 atom stereocenters. The van der Waals surface area contributed by atoms with Crippen molar-refractivity contribution in [2.24, 2.45) is 10.9 Å². The van der Waals surface area contributed by atoms with Gasteiger partial charge < -0.3 is 0 Å². The second-order valence-corrected chi connectivity index (χ2v) is 1.44. The summed E-state index contributed by atoms with van der Waals surface area (Å²) in [6.45, 7) is 3.36. The lowest BCUT2D eigenvalue weighted by Crippen LogP contribution is -2.19.